The molecule has 0 saturated heterocycles. The highest BCUT2D eigenvalue weighted by Gasteiger charge is 2.36. The van der Waals surface area contributed by atoms with Crippen LogP contribution in [0.2, 0.25) is 0 Å². The van der Waals surface area contributed by atoms with Crippen molar-refractivity contribution in [1.82, 2.24) is 14.6 Å². The van der Waals surface area contributed by atoms with Crippen molar-refractivity contribution in [3.05, 3.63) is 83.4 Å². The summed E-state index contributed by atoms with van der Waals surface area (Å²) in [6.45, 7) is 5.67. The standard InChI is InChI=1S/C30H37N5O4S2/c1-19(2)18-35(41(38,39)22-13-14-25-28(16-22)40-30(32-4)34-25)26(15-21-9-6-5-7-10-21)27(36)17-33-29(37)23-11-8-12-24(31)20(23)3/h5-14,16,19,26-27,36H,15,17-18,31H2,1-4H3,(H,32,34)(H,33,37). The average molecular weight is 596 g/mol. The topological polar surface area (TPSA) is 138 Å². The molecule has 0 aliphatic carbocycles. The summed E-state index contributed by atoms with van der Waals surface area (Å²) >= 11 is 1.37. The fourth-order valence-electron chi connectivity index (χ4n) is 4.69. The number of rotatable bonds is 12. The molecule has 2 unspecified atom stereocenters. The van der Waals surface area contributed by atoms with Gasteiger partial charge in [-0.2, -0.15) is 4.31 Å². The van der Waals surface area contributed by atoms with Crippen molar-refractivity contribution in [2.24, 2.45) is 5.92 Å². The maximum atomic E-state index is 14.2. The summed E-state index contributed by atoms with van der Waals surface area (Å²) in [4.78, 5) is 17.6. The first-order valence-corrected chi connectivity index (χ1v) is 15.7. The lowest BCUT2D eigenvalue weighted by Gasteiger charge is -2.35. The second-order valence-electron chi connectivity index (χ2n) is 10.4. The van der Waals surface area contributed by atoms with Crippen molar-refractivity contribution < 1.29 is 18.3 Å². The van der Waals surface area contributed by atoms with Gasteiger partial charge in [0.25, 0.3) is 5.91 Å². The number of carbonyl (C=O) groups is 1. The van der Waals surface area contributed by atoms with Gasteiger partial charge in [0.05, 0.1) is 27.3 Å². The lowest BCUT2D eigenvalue weighted by atomic mass is 10.00. The molecule has 0 aliphatic rings. The highest BCUT2D eigenvalue weighted by atomic mass is 32.2. The number of aromatic nitrogens is 1. The minimum absolute atomic E-state index is 0.0252. The number of aliphatic hydroxyl groups is 1. The van der Waals surface area contributed by atoms with Gasteiger partial charge in [-0.25, -0.2) is 13.4 Å². The zero-order valence-electron chi connectivity index (χ0n) is 23.7. The summed E-state index contributed by atoms with van der Waals surface area (Å²) in [6, 6.07) is 18.6. The number of fused-ring (bicyclic) bond motifs is 1. The fourth-order valence-corrected chi connectivity index (χ4v) is 7.47. The third-order valence-electron chi connectivity index (χ3n) is 6.92. The number of thiazole rings is 1. The van der Waals surface area contributed by atoms with Gasteiger partial charge >= 0.3 is 0 Å². The van der Waals surface area contributed by atoms with Crippen LogP contribution in [0.4, 0.5) is 10.8 Å². The van der Waals surface area contributed by atoms with Gasteiger partial charge in [0.2, 0.25) is 10.0 Å². The Bertz CT molecular complexity index is 1610. The Balaban J connectivity index is 1.69. The quantitative estimate of drug-likeness (QED) is 0.179. The normalized spacial score (nSPS) is 13.4. The molecule has 3 aromatic carbocycles. The average Bonchev–Trinajstić information content (AvgIpc) is 3.38. The molecular formula is C30H37N5O4S2. The second-order valence-corrected chi connectivity index (χ2v) is 13.3. The number of benzene rings is 3. The van der Waals surface area contributed by atoms with Gasteiger partial charge < -0.3 is 21.5 Å². The van der Waals surface area contributed by atoms with Gasteiger partial charge in [0.1, 0.15) is 0 Å². The number of aliphatic hydroxyl groups excluding tert-OH is 1. The third kappa shape index (κ3) is 7.05. The van der Waals surface area contributed by atoms with Crippen LogP contribution in [0.1, 0.15) is 35.3 Å². The molecule has 1 amide bonds. The minimum atomic E-state index is -4.05. The van der Waals surface area contributed by atoms with Crippen LogP contribution < -0.4 is 16.4 Å². The highest BCUT2D eigenvalue weighted by Crippen LogP contribution is 2.31. The molecule has 1 heterocycles. The summed E-state index contributed by atoms with van der Waals surface area (Å²) in [6.07, 6.45) is -0.939. The summed E-state index contributed by atoms with van der Waals surface area (Å²) in [5, 5.41) is 18.0. The Hall–Kier alpha value is -3.51. The Morgan fingerprint density at radius 2 is 1.83 bits per heavy atom. The van der Waals surface area contributed by atoms with Crippen molar-refractivity contribution in [1.29, 1.82) is 0 Å². The fraction of sp³-hybridized carbons (Fsp3) is 0.333. The Labute approximate surface area is 245 Å². The van der Waals surface area contributed by atoms with Crippen molar-refractivity contribution in [3.63, 3.8) is 0 Å². The van der Waals surface area contributed by atoms with Crippen molar-refractivity contribution >= 4 is 48.3 Å². The van der Waals surface area contributed by atoms with E-state index in [4.69, 9.17) is 5.73 Å². The molecule has 0 radical (unpaired) electrons. The van der Waals surface area contributed by atoms with E-state index in [1.54, 1.807) is 50.4 Å². The number of hydrogen-bond acceptors (Lipinski definition) is 8. The number of sulfonamides is 1. The van der Waals surface area contributed by atoms with Gasteiger partial charge in [0, 0.05) is 31.4 Å². The summed E-state index contributed by atoms with van der Waals surface area (Å²) in [5.41, 5.74) is 9.09. The van der Waals surface area contributed by atoms with Crippen molar-refractivity contribution in [2.75, 3.05) is 31.2 Å². The van der Waals surface area contributed by atoms with E-state index in [2.05, 4.69) is 15.6 Å². The Morgan fingerprint density at radius 3 is 2.51 bits per heavy atom. The van der Waals surface area contributed by atoms with Gasteiger partial charge in [-0.1, -0.05) is 61.6 Å². The van der Waals surface area contributed by atoms with Crippen LogP contribution in [0.5, 0.6) is 0 Å². The SMILES string of the molecule is CNc1nc2ccc(S(=O)(=O)N(CC(C)C)C(Cc3ccccc3)C(O)CNC(=O)c3cccc(N)c3C)cc2s1. The molecule has 1 aromatic heterocycles. The number of nitrogens with two attached hydrogens (primary N) is 1. The zero-order chi connectivity index (χ0) is 29.7. The lowest BCUT2D eigenvalue weighted by Crippen LogP contribution is -2.52. The van der Waals surface area contributed by atoms with E-state index in [9.17, 15) is 18.3 Å². The predicted molar refractivity (Wildman–Crippen MR) is 166 cm³/mol. The molecule has 218 valence electrons. The number of amides is 1. The van der Waals surface area contributed by atoms with Gasteiger partial charge in [-0.15, -0.1) is 0 Å². The molecule has 9 nitrogen and oxygen atoms in total. The maximum Gasteiger partial charge on any atom is 0.251 e. The van der Waals surface area contributed by atoms with Crippen molar-refractivity contribution in [3.8, 4) is 0 Å². The number of nitrogens with zero attached hydrogens (tertiary/aromatic N) is 2. The highest BCUT2D eigenvalue weighted by molar-refractivity contribution is 7.89. The number of carbonyl (C=O) groups excluding carboxylic acids is 1. The maximum absolute atomic E-state index is 14.2. The molecule has 0 aliphatic heterocycles. The van der Waals surface area contributed by atoms with E-state index in [-0.39, 0.29) is 36.2 Å². The first-order chi connectivity index (χ1) is 19.5. The summed E-state index contributed by atoms with van der Waals surface area (Å²) in [7, 11) is -2.28. The predicted octanol–water partition coefficient (Wildman–Crippen LogP) is 4.28. The van der Waals surface area contributed by atoms with E-state index in [1.807, 2.05) is 44.2 Å². The molecule has 5 N–H and O–H groups in total. The molecule has 0 saturated carbocycles. The molecule has 41 heavy (non-hydrogen) atoms. The third-order valence-corrected chi connectivity index (χ3v) is 9.84. The molecule has 11 heteroatoms. The summed E-state index contributed by atoms with van der Waals surface area (Å²) < 4.78 is 30.6. The van der Waals surface area contributed by atoms with Crippen LogP contribution in [0.15, 0.2) is 71.6 Å². The number of hydrogen-bond donors (Lipinski definition) is 4. The Morgan fingerprint density at radius 1 is 1.10 bits per heavy atom. The largest absolute Gasteiger partial charge is 0.398 e. The van der Waals surface area contributed by atoms with Gasteiger partial charge in [-0.05, 0) is 60.7 Å². The monoisotopic (exact) mass is 595 g/mol. The van der Waals surface area contributed by atoms with Crippen LogP contribution in [0, 0.1) is 12.8 Å². The number of nitrogen functional groups attached to an aromatic ring is 1. The first-order valence-electron chi connectivity index (χ1n) is 13.5. The smallest absolute Gasteiger partial charge is 0.251 e. The molecule has 0 spiro atoms. The molecular weight excluding hydrogens is 558 g/mol. The minimum Gasteiger partial charge on any atom is -0.398 e. The lowest BCUT2D eigenvalue weighted by molar-refractivity contribution is 0.0743. The summed E-state index contributed by atoms with van der Waals surface area (Å²) in [5.74, 6) is -0.413. The van der Waals surface area contributed by atoms with E-state index in [0.717, 1.165) is 10.3 Å². The van der Waals surface area contributed by atoms with Crippen molar-refractivity contribution in [2.45, 2.75) is 44.2 Å². The molecule has 2 atom stereocenters. The van der Waals surface area contributed by atoms with Crippen LogP contribution in [0.3, 0.4) is 0 Å². The van der Waals surface area contributed by atoms with Crippen LogP contribution >= 0.6 is 11.3 Å². The number of anilines is 2. The zero-order valence-corrected chi connectivity index (χ0v) is 25.3. The van der Waals surface area contributed by atoms with E-state index >= 15 is 0 Å². The van der Waals surface area contributed by atoms with E-state index in [0.29, 0.717) is 27.5 Å². The Kier molecular flexibility index (Phi) is 9.64. The first kappa shape index (κ1) is 30.4. The second kappa shape index (κ2) is 13.0. The molecule has 4 rings (SSSR count). The van der Waals surface area contributed by atoms with Gasteiger partial charge in [-0.3, -0.25) is 4.79 Å². The molecule has 0 bridgehead atoms. The van der Waals surface area contributed by atoms with Gasteiger partial charge in [0.15, 0.2) is 5.13 Å². The van der Waals surface area contributed by atoms with Crippen LogP contribution in [-0.4, -0.2) is 61.0 Å². The number of nitrogens with one attached hydrogen (secondary N) is 2. The van der Waals surface area contributed by atoms with E-state index in [1.165, 1.54) is 15.6 Å². The molecule has 4 aromatic rings. The van der Waals surface area contributed by atoms with E-state index < -0.39 is 22.2 Å². The van der Waals surface area contributed by atoms with Crippen LogP contribution in [-0.2, 0) is 16.4 Å². The molecule has 0 fully saturated rings. The van der Waals surface area contributed by atoms with Crippen LogP contribution in [0.25, 0.3) is 10.2 Å².